The van der Waals surface area contributed by atoms with Crippen LogP contribution in [0.5, 0.6) is 0 Å². The van der Waals surface area contributed by atoms with Gasteiger partial charge in [0, 0.05) is 24.0 Å². The molecule has 2 rings (SSSR count). The highest BCUT2D eigenvalue weighted by atomic mass is 32.2. The molecule has 5 N–H and O–H groups in total. The number of thioether (sulfide) groups is 1. The standard InChI is InChI=1S/C21H38N4O4S/c1-2-3-13-29-20(27)15(22)9-5-4-8-12-23-18(26)11-7-6-10-17-19-16(14-30-17)24-21(28)25-19/h15-17,19H,2-14,22H2,1H3,(H,23,26)(H2,24,25,28)/t15?,16-,17-,19-/m0/s1. The predicted octanol–water partition coefficient (Wildman–Crippen LogP) is 2.06. The largest absolute Gasteiger partial charge is 0.465 e. The molecule has 9 heteroatoms. The van der Waals surface area contributed by atoms with Crippen LogP contribution in [0.3, 0.4) is 0 Å². The predicted molar refractivity (Wildman–Crippen MR) is 119 cm³/mol. The van der Waals surface area contributed by atoms with E-state index in [4.69, 9.17) is 10.5 Å². The summed E-state index contributed by atoms with van der Waals surface area (Å²) in [4.78, 5) is 35.0. The number of ether oxygens (including phenoxy) is 1. The first kappa shape index (κ1) is 24.8. The van der Waals surface area contributed by atoms with Gasteiger partial charge in [-0.05, 0) is 32.1 Å². The Hall–Kier alpha value is -1.48. The SMILES string of the molecule is CCCCOC(=O)C(N)CCCCCNC(=O)CCCC[C@@H]1SC[C@@H]2NC(=O)N[C@@H]21. The smallest absolute Gasteiger partial charge is 0.322 e. The Morgan fingerprint density at radius 3 is 2.83 bits per heavy atom. The molecule has 2 fully saturated rings. The Bertz CT molecular complexity index is 563. The Morgan fingerprint density at radius 2 is 2.03 bits per heavy atom. The fourth-order valence-corrected chi connectivity index (χ4v) is 5.34. The van der Waals surface area contributed by atoms with Gasteiger partial charge in [-0.15, -0.1) is 0 Å². The van der Waals surface area contributed by atoms with Gasteiger partial charge in [0.25, 0.3) is 0 Å². The second kappa shape index (κ2) is 13.7. The molecule has 2 aliphatic rings. The average Bonchev–Trinajstić information content (AvgIpc) is 3.27. The number of nitrogens with two attached hydrogens (primary N) is 1. The van der Waals surface area contributed by atoms with E-state index in [1.807, 2.05) is 18.7 Å². The van der Waals surface area contributed by atoms with Gasteiger partial charge in [0.15, 0.2) is 0 Å². The fourth-order valence-electron chi connectivity index (χ4n) is 3.80. The number of carbonyl (C=O) groups is 3. The van der Waals surface area contributed by atoms with Crippen LogP contribution in [0.1, 0.15) is 71.1 Å². The minimum atomic E-state index is -0.543. The van der Waals surface area contributed by atoms with Crippen LogP contribution in [-0.4, -0.2) is 60.2 Å². The van der Waals surface area contributed by atoms with Crippen molar-refractivity contribution in [3.05, 3.63) is 0 Å². The zero-order valence-electron chi connectivity index (χ0n) is 18.1. The highest BCUT2D eigenvalue weighted by Crippen LogP contribution is 2.33. The molecule has 0 saturated carbocycles. The lowest BCUT2D eigenvalue weighted by Gasteiger charge is -2.16. The van der Waals surface area contributed by atoms with Crippen LogP contribution in [0.4, 0.5) is 4.79 Å². The maximum atomic E-state index is 12.0. The number of hydrogen-bond donors (Lipinski definition) is 4. The molecule has 0 aromatic carbocycles. The molecule has 172 valence electrons. The first-order valence-corrected chi connectivity index (χ1v) is 12.4. The monoisotopic (exact) mass is 442 g/mol. The quantitative estimate of drug-likeness (QED) is 0.175. The minimum Gasteiger partial charge on any atom is -0.465 e. The van der Waals surface area contributed by atoms with Crippen molar-refractivity contribution < 1.29 is 19.1 Å². The lowest BCUT2D eigenvalue weighted by Crippen LogP contribution is -2.36. The highest BCUT2D eigenvalue weighted by Gasteiger charge is 2.42. The third-order valence-corrected chi connectivity index (χ3v) is 7.15. The summed E-state index contributed by atoms with van der Waals surface area (Å²) in [6, 6.07) is -0.0960. The van der Waals surface area contributed by atoms with E-state index in [1.54, 1.807) is 0 Å². The van der Waals surface area contributed by atoms with E-state index in [1.165, 1.54) is 0 Å². The lowest BCUT2D eigenvalue weighted by atomic mass is 10.0. The number of hydrogen-bond acceptors (Lipinski definition) is 6. The summed E-state index contributed by atoms with van der Waals surface area (Å²) in [7, 11) is 0. The molecule has 2 heterocycles. The molecule has 3 amide bonds. The van der Waals surface area contributed by atoms with Crippen LogP contribution < -0.4 is 21.7 Å². The maximum Gasteiger partial charge on any atom is 0.322 e. The van der Waals surface area contributed by atoms with Gasteiger partial charge < -0.3 is 26.4 Å². The third-order valence-electron chi connectivity index (χ3n) is 5.64. The van der Waals surface area contributed by atoms with Crippen LogP contribution >= 0.6 is 11.8 Å². The number of amides is 3. The molecule has 0 aromatic rings. The van der Waals surface area contributed by atoms with E-state index in [2.05, 4.69) is 16.0 Å². The molecule has 8 nitrogen and oxygen atoms in total. The Kier molecular flexibility index (Phi) is 11.4. The number of nitrogens with one attached hydrogen (secondary N) is 3. The van der Waals surface area contributed by atoms with Crippen molar-refractivity contribution in [2.45, 2.75) is 94.5 Å². The van der Waals surface area contributed by atoms with Crippen molar-refractivity contribution in [1.82, 2.24) is 16.0 Å². The number of urea groups is 1. The summed E-state index contributed by atoms with van der Waals surface area (Å²) >= 11 is 1.91. The van der Waals surface area contributed by atoms with Crippen molar-refractivity contribution in [3.8, 4) is 0 Å². The molecule has 4 atom stereocenters. The number of unbranched alkanes of at least 4 members (excludes halogenated alkanes) is 4. The number of carbonyl (C=O) groups excluding carboxylic acids is 3. The normalized spacial score (nSPS) is 23.4. The second-order valence-corrected chi connectivity index (χ2v) is 9.47. The first-order valence-electron chi connectivity index (χ1n) is 11.4. The van der Waals surface area contributed by atoms with Crippen LogP contribution in [0, 0.1) is 0 Å². The van der Waals surface area contributed by atoms with Gasteiger partial charge in [-0.25, -0.2) is 4.79 Å². The van der Waals surface area contributed by atoms with Gasteiger partial charge in [-0.3, -0.25) is 9.59 Å². The van der Waals surface area contributed by atoms with Crippen LogP contribution in [0.2, 0.25) is 0 Å². The molecule has 1 unspecified atom stereocenters. The van der Waals surface area contributed by atoms with Crippen LogP contribution in [-0.2, 0) is 14.3 Å². The molecule has 2 saturated heterocycles. The summed E-state index contributed by atoms with van der Waals surface area (Å²) < 4.78 is 5.11. The van der Waals surface area contributed by atoms with Gasteiger partial charge >= 0.3 is 12.0 Å². The summed E-state index contributed by atoms with van der Waals surface area (Å²) in [5.74, 6) is 0.758. The number of rotatable bonds is 15. The molecule has 0 aromatic heterocycles. The van der Waals surface area contributed by atoms with E-state index in [0.717, 1.165) is 57.1 Å². The summed E-state index contributed by atoms with van der Waals surface area (Å²) in [6.07, 6.45) is 8.60. The fraction of sp³-hybridized carbons (Fsp3) is 0.857. The topological polar surface area (TPSA) is 123 Å². The van der Waals surface area contributed by atoms with Crippen molar-refractivity contribution >= 4 is 29.7 Å². The minimum absolute atomic E-state index is 0.0523. The van der Waals surface area contributed by atoms with Gasteiger partial charge in [0.2, 0.25) is 5.91 Å². The van der Waals surface area contributed by atoms with Crippen molar-refractivity contribution in [2.75, 3.05) is 18.9 Å². The molecular weight excluding hydrogens is 404 g/mol. The van der Waals surface area contributed by atoms with Crippen molar-refractivity contribution in [3.63, 3.8) is 0 Å². The van der Waals surface area contributed by atoms with E-state index in [0.29, 0.717) is 31.2 Å². The Morgan fingerprint density at radius 1 is 1.20 bits per heavy atom. The van der Waals surface area contributed by atoms with Crippen molar-refractivity contribution in [1.29, 1.82) is 0 Å². The second-order valence-electron chi connectivity index (χ2n) is 8.19. The zero-order valence-corrected chi connectivity index (χ0v) is 18.9. The van der Waals surface area contributed by atoms with Gasteiger partial charge in [-0.2, -0.15) is 11.8 Å². The van der Waals surface area contributed by atoms with Crippen molar-refractivity contribution in [2.24, 2.45) is 5.73 Å². The molecule has 30 heavy (non-hydrogen) atoms. The first-order chi connectivity index (χ1) is 14.5. The van der Waals surface area contributed by atoms with Gasteiger partial charge in [0.05, 0.1) is 18.7 Å². The van der Waals surface area contributed by atoms with E-state index < -0.39 is 6.04 Å². The van der Waals surface area contributed by atoms with E-state index >= 15 is 0 Å². The van der Waals surface area contributed by atoms with Gasteiger partial charge in [-0.1, -0.05) is 32.6 Å². The van der Waals surface area contributed by atoms with Crippen LogP contribution in [0.25, 0.3) is 0 Å². The summed E-state index contributed by atoms with van der Waals surface area (Å²) in [5, 5.41) is 9.37. The van der Waals surface area contributed by atoms with E-state index in [9.17, 15) is 14.4 Å². The Labute approximate surface area is 184 Å². The number of fused-ring (bicyclic) bond motifs is 1. The van der Waals surface area contributed by atoms with Gasteiger partial charge in [0.1, 0.15) is 6.04 Å². The summed E-state index contributed by atoms with van der Waals surface area (Å²) in [5.41, 5.74) is 5.84. The summed E-state index contributed by atoms with van der Waals surface area (Å²) in [6.45, 7) is 3.16. The average molecular weight is 443 g/mol. The molecule has 0 spiro atoms. The zero-order chi connectivity index (χ0) is 21.8. The highest BCUT2D eigenvalue weighted by molar-refractivity contribution is 8.00. The van der Waals surface area contributed by atoms with E-state index in [-0.39, 0.29) is 30.0 Å². The molecule has 0 aliphatic carbocycles. The van der Waals surface area contributed by atoms with Crippen LogP contribution in [0.15, 0.2) is 0 Å². The number of esters is 1. The maximum absolute atomic E-state index is 12.0. The molecule has 0 radical (unpaired) electrons. The molecule has 0 bridgehead atoms. The molecule has 2 aliphatic heterocycles. The lowest BCUT2D eigenvalue weighted by molar-refractivity contribution is -0.145. The Balaban J connectivity index is 1.41. The third kappa shape index (κ3) is 8.71. The molecular formula is C21H38N4O4S.